The zero-order valence-corrected chi connectivity index (χ0v) is 12.1. The fourth-order valence-electron chi connectivity index (χ4n) is 2.00. The lowest BCUT2D eigenvalue weighted by atomic mass is 10.2. The number of hydrogen-bond acceptors (Lipinski definition) is 3. The number of aryl methyl sites for hydroxylation is 2. The highest BCUT2D eigenvalue weighted by Crippen LogP contribution is 2.24. The van der Waals surface area contributed by atoms with Crippen LogP contribution in [0.2, 0.25) is 5.02 Å². The van der Waals surface area contributed by atoms with Crippen LogP contribution in [0.1, 0.15) is 11.1 Å². The fourth-order valence-corrected chi connectivity index (χ4v) is 2.23. The highest BCUT2D eigenvalue weighted by Gasteiger charge is 2.04. The van der Waals surface area contributed by atoms with Crippen LogP contribution in [-0.2, 0) is 0 Å². The van der Waals surface area contributed by atoms with Gasteiger partial charge in [-0.3, -0.25) is 0 Å². The Morgan fingerprint density at radius 2 is 1.85 bits per heavy atom. The molecule has 0 spiro atoms. The molecule has 0 unspecified atom stereocenters. The van der Waals surface area contributed by atoms with Gasteiger partial charge in [0.2, 0.25) is 0 Å². The van der Waals surface area contributed by atoms with Crippen LogP contribution in [0.5, 0.6) is 0 Å². The van der Waals surface area contributed by atoms with E-state index in [0.29, 0.717) is 5.02 Å². The number of para-hydroxylation sites is 1. The maximum atomic E-state index is 6.17. The Hall–Kier alpha value is -2.13. The Balaban J connectivity index is 1.98. The molecule has 3 nitrogen and oxygen atoms in total. The van der Waals surface area contributed by atoms with Crippen LogP contribution in [-0.4, -0.2) is 9.97 Å². The number of halogens is 1. The van der Waals surface area contributed by atoms with E-state index >= 15 is 0 Å². The van der Waals surface area contributed by atoms with Crippen molar-refractivity contribution in [3.8, 4) is 0 Å². The minimum Gasteiger partial charge on any atom is -0.325 e. The van der Waals surface area contributed by atoms with Gasteiger partial charge < -0.3 is 5.32 Å². The Bertz CT molecular complexity index is 784. The monoisotopic (exact) mass is 283 g/mol. The minimum absolute atomic E-state index is 0.652. The summed E-state index contributed by atoms with van der Waals surface area (Å²) in [4.78, 5) is 8.89. The molecule has 3 aromatic rings. The molecule has 0 aliphatic heterocycles. The Morgan fingerprint density at radius 3 is 2.65 bits per heavy atom. The molecule has 0 saturated heterocycles. The number of aromatic nitrogens is 2. The molecule has 0 fully saturated rings. The molecule has 2 aromatic heterocycles. The summed E-state index contributed by atoms with van der Waals surface area (Å²) in [7, 11) is 0. The Labute approximate surface area is 122 Å². The van der Waals surface area contributed by atoms with Gasteiger partial charge in [0.15, 0.2) is 0 Å². The van der Waals surface area contributed by atoms with E-state index in [1.54, 1.807) is 0 Å². The maximum Gasteiger partial charge on any atom is 0.132 e. The first-order valence-corrected chi connectivity index (χ1v) is 6.77. The summed E-state index contributed by atoms with van der Waals surface area (Å²) < 4.78 is 0. The van der Waals surface area contributed by atoms with Crippen molar-refractivity contribution in [3.05, 3.63) is 58.7 Å². The average Bonchev–Trinajstić information content (AvgIpc) is 2.44. The Morgan fingerprint density at radius 1 is 1.00 bits per heavy atom. The first-order valence-electron chi connectivity index (χ1n) is 6.39. The lowest BCUT2D eigenvalue weighted by Crippen LogP contribution is -1.97. The van der Waals surface area contributed by atoms with Crippen LogP contribution in [0.4, 0.5) is 11.6 Å². The zero-order valence-electron chi connectivity index (χ0n) is 11.3. The number of benzene rings is 1. The molecule has 0 aliphatic rings. The predicted molar refractivity (Wildman–Crippen MR) is 83.7 cm³/mol. The van der Waals surface area contributed by atoms with Gasteiger partial charge in [-0.05, 0) is 49.2 Å². The van der Waals surface area contributed by atoms with Crippen molar-refractivity contribution in [3.63, 3.8) is 0 Å². The SMILES string of the molecule is Cc1cnc(Nc2ccc3cccc(Cl)c3n2)cc1C. The molecular formula is C16H14ClN3. The van der Waals surface area contributed by atoms with Crippen LogP contribution < -0.4 is 5.32 Å². The second-order valence-electron chi connectivity index (χ2n) is 4.79. The molecule has 3 rings (SSSR count). The first kappa shape index (κ1) is 12.9. The van der Waals surface area contributed by atoms with Crippen LogP contribution in [0.15, 0.2) is 42.6 Å². The number of fused-ring (bicyclic) bond motifs is 1. The first-order chi connectivity index (χ1) is 9.63. The highest BCUT2D eigenvalue weighted by atomic mass is 35.5. The van der Waals surface area contributed by atoms with E-state index in [1.807, 2.05) is 49.5 Å². The summed E-state index contributed by atoms with van der Waals surface area (Å²) >= 11 is 6.17. The number of anilines is 2. The summed E-state index contributed by atoms with van der Waals surface area (Å²) in [6.07, 6.45) is 1.85. The summed E-state index contributed by atoms with van der Waals surface area (Å²) in [6.45, 7) is 4.10. The molecule has 100 valence electrons. The third-order valence-corrected chi connectivity index (χ3v) is 3.60. The van der Waals surface area contributed by atoms with E-state index in [0.717, 1.165) is 22.5 Å². The van der Waals surface area contributed by atoms with Gasteiger partial charge in [-0.1, -0.05) is 23.7 Å². The topological polar surface area (TPSA) is 37.8 Å². The number of nitrogens with one attached hydrogen (secondary N) is 1. The molecule has 0 radical (unpaired) electrons. The minimum atomic E-state index is 0.652. The number of hydrogen-bond donors (Lipinski definition) is 1. The van der Waals surface area contributed by atoms with Crippen LogP contribution in [0.3, 0.4) is 0 Å². The molecule has 0 bridgehead atoms. The Kier molecular flexibility index (Phi) is 3.28. The van der Waals surface area contributed by atoms with Crippen molar-refractivity contribution >= 4 is 34.1 Å². The summed E-state index contributed by atoms with van der Waals surface area (Å²) in [5, 5.41) is 4.89. The van der Waals surface area contributed by atoms with Crippen molar-refractivity contribution in [1.82, 2.24) is 9.97 Å². The molecule has 0 saturated carbocycles. The molecule has 2 heterocycles. The number of nitrogens with zero attached hydrogens (tertiary/aromatic N) is 2. The summed E-state index contributed by atoms with van der Waals surface area (Å²) in [5.74, 6) is 1.52. The van der Waals surface area contributed by atoms with Gasteiger partial charge in [0.25, 0.3) is 0 Å². The van der Waals surface area contributed by atoms with Gasteiger partial charge in [0.1, 0.15) is 11.6 Å². The van der Waals surface area contributed by atoms with Gasteiger partial charge in [0.05, 0.1) is 10.5 Å². The quantitative estimate of drug-likeness (QED) is 0.744. The van der Waals surface area contributed by atoms with Crippen molar-refractivity contribution in [2.45, 2.75) is 13.8 Å². The van der Waals surface area contributed by atoms with Crippen molar-refractivity contribution < 1.29 is 0 Å². The second kappa shape index (κ2) is 5.10. The zero-order chi connectivity index (χ0) is 14.1. The lowest BCUT2D eigenvalue weighted by Gasteiger charge is -2.08. The van der Waals surface area contributed by atoms with Crippen molar-refractivity contribution in [2.24, 2.45) is 0 Å². The van der Waals surface area contributed by atoms with Gasteiger partial charge in [-0.2, -0.15) is 0 Å². The van der Waals surface area contributed by atoms with Crippen LogP contribution in [0, 0.1) is 13.8 Å². The van der Waals surface area contributed by atoms with E-state index in [1.165, 1.54) is 11.1 Å². The number of rotatable bonds is 2. The highest BCUT2D eigenvalue weighted by molar-refractivity contribution is 6.35. The van der Waals surface area contributed by atoms with Crippen molar-refractivity contribution in [2.75, 3.05) is 5.32 Å². The predicted octanol–water partition coefficient (Wildman–Crippen LogP) is 4.64. The van der Waals surface area contributed by atoms with Crippen molar-refractivity contribution in [1.29, 1.82) is 0 Å². The number of pyridine rings is 2. The second-order valence-corrected chi connectivity index (χ2v) is 5.19. The molecule has 20 heavy (non-hydrogen) atoms. The van der Waals surface area contributed by atoms with Crippen LogP contribution in [0.25, 0.3) is 10.9 Å². The van der Waals surface area contributed by atoms with Gasteiger partial charge >= 0.3 is 0 Å². The summed E-state index contributed by atoms with van der Waals surface area (Å²) in [5.41, 5.74) is 3.16. The van der Waals surface area contributed by atoms with E-state index in [2.05, 4.69) is 22.2 Å². The standard InChI is InChI=1S/C16H14ClN3/c1-10-8-15(18-9-11(10)2)19-14-7-6-12-4-3-5-13(17)16(12)20-14/h3-9H,1-2H3,(H,18,19,20). The van der Waals surface area contributed by atoms with E-state index in [4.69, 9.17) is 11.6 Å². The van der Waals surface area contributed by atoms with E-state index in [-0.39, 0.29) is 0 Å². The molecule has 1 N–H and O–H groups in total. The smallest absolute Gasteiger partial charge is 0.132 e. The van der Waals surface area contributed by atoms with Gasteiger partial charge in [-0.25, -0.2) is 9.97 Å². The fraction of sp³-hybridized carbons (Fsp3) is 0.125. The molecule has 0 aliphatic carbocycles. The van der Waals surface area contributed by atoms with Gasteiger partial charge in [-0.15, -0.1) is 0 Å². The van der Waals surface area contributed by atoms with Gasteiger partial charge in [0, 0.05) is 11.6 Å². The van der Waals surface area contributed by atoms with Crippen LogP contribution >= 0.6 is 11.6 Å². The normalized spacial score (nSPS) is 10.8. The lowest BCUT2D eigenvalue weighted by molar-refractivity contribution is 1.20. The average molecular weight is 284 g/mol. The molecular weight excluding hydrogens is 270 g/mol. The third-order valence-electron chi connectivity index (χ3n) is 3.30. The largest absolute Gasteiger partial charge is 0.325 e. The molecule has 0 amide bonds. The van der Waals surface area contributed by atoms with E-state index < -0.39 is 0 Å². The summed E-state index contributed by atoms with van der Waals surface area (Å²) in [6, 6.07) is 11.7. The molecule has 4 heteroatoms. The van der Waals surface area contributed by atoms with E-state index in [9.17, 15) is 0 Å². The maximum absolute atomic E-state index is 6.17. The third kappa shape index (κ3) is 2.45. The molecule has 1 aromatic carbocycles. The molecule has 0 atom stereocenters.